The van der Waals surface area contributed by atoms with Crippen molar-refractivity contribution in [3.8, 4) is 11.6 Å². The van der Waals surface area contributed by atoms with Gasteiger partial charge in [0, 0.05) is 0 Å². The normalized spacial score (nSPS) is 11.4. The summed E-state index contributed by atoms with van der Waals surface area (Å²) in [6, 6.07) is 3.50. The van der Waals surface area contributed by atoms with Crippen LogP contribution in [0.25, 0.3) is 28.3 Å². The van der Waals surface area contributed by atoms with Gasteiger partial charge in [-0.3, -0.25) is 4.79 Å². The number of carbonyl (C=O) groups is 1. The van der Waals surface area contributed by atoms with E-state index in [1.54, 1.807) is 25.3 Å². The van der Waals surface area contributed by atoms with Crippen LogP contribution in [0, 0.1) is 0 Å². The highest BCUT2D eigenvalue weighted by Gasteiger charge is 2.18. The molecule has 0 aromatic carbocycles. The molecule has 0 saturated heterocycles. The molecule has 0 aliphatic carbocycles. The van der Waals surface area contributed by atoms with E-state index in [1.165, 1.54) is 15.5 Å². The van der Waals surface area contributed by atoms with Crippen LogP contribution in [-0.2, 0) is 16.1 Å². The molecule has 10 nitrogen and oxygen atoms in total. The number of anilines is 1. The van der Waals surface area contributed by atoms with Crippen molar-refractivity contribution in [2.45, 2.75) is 13.5 Å². The van der Waals surface area contributed by atoms with Crippen molar-refractivity contribution in [1.29, 1.82) is 0 Å². The Morgan fingerprint density at radius 3 is 3.00 bits per heavy atom. The number of esters is 1. The fourth-order valence-corrected chi connectivity index (χ4v) is 2.41. The summed E-state index contributed by atoms with van der Waals surface area (Å²) >= 11 is 0. The lowest BCUT2D eigenvalue weighted by molar-refractivity contribution is -0.143. The Balaban J connectivity index is 1.86. The van der Waals surface area contributed by atoms with Crippen LogP contribution >= 0.6 is 0 Å². The van der Waals surface area contributed by atoms with Crippen LogP contribution in [0.3, 0.4) is 0 Å². The van der Waals surface area contributed by atoms with E-state index >= 15 is 0 Å². The SMILES string of the molecule is CCOC(=O)Cn1ncc2c1nc(N)n1nc(-c3ccco3)nc21. The maximum absolute atomic E-state index is 11.7. The van der Waals surface area contributed by atoms with Crippen LogP contribution in [0.15, 0.2) is 29.0 Å². The Bertz CT molecular complexity index is 1030. The van der Waals surface area contributed by atoms with Crippen LogP contribution in [0.5, 0.6) is 0 Å². The van der Waals surface area contributed by atoms with E-state index in [0.717, 1.165) is 0 Å². The van der Waals surface area contributed by atoms with Gasteiger partial charge in [0.05, 0.1) is 24.5 Å². The van der Waals surface area contributed by atoms with Crippen LogP contribution in [0.2, 0.25) is 0 Å². The summed E-state index contributed by atoms with van der Waals surface area (Å²) in [5.41, 5.74) is 6.89. The first-order chi connectivity index (χ1) is 11.7. The average molecular weight is 327 g/mol. The predicted molar refractivity (Wildman–Crippen MR) is 82.8 cm³/mol. The number of nitrogens with zero attached hydrogens (tertiary/aromatic N) is 6. The number of carbonyl (C=O) groups excluding carboxylic acids is 1. The lowest BCUT2D eigenvalue weighted by atomic mass is 10.4. The van der Waals surface area contributed by atoms with Crippen molar-refractivity contribution < 1.29 is 13.9 Å². The molecule has 0 aliphatic heterocycles. The number of rotatable bonds is 4. The average Bonchev–Trinajstić information content (AvgIpc) is 3.26. The van der Waals surface area contributed by atoms with Gasteiger partial charge < -0.3 is 14.9 Å². The molecule has 24 heavy (non-hydrogen) atoms. The zero-order valence-electron chi connectivity index (χ0n) is 12.7. The topological polar surface area (TPSA) is 126 Å². The second-order valence-corrected chi connectivity index (χ2v) is 4.96. The van der Waals surface area contributed by atoms with Gasteiger partial charge in [0.2, 0.25) is 11.8 Å². The number of aromatic nitrogens is 6. The van der Waals surface area contributed by atoms with E-state index < -0.39 is 5.97 Å². The summed E-state index contributed by atoms with van der Waals surface area (Å²) in [5, 5.41) is 9.10. The second kappa shape index (κ2) is 5.33. The number of hydrogen-bond acceptors (Lipinski definition) is 8. The number of furan rings is 1. The predicted octanol–water partition coefficient (Wildman–Crippen LogP) is 0.879. The molecule has 2 N–H and O–H groups in total. The maximum atomic E-state index is 11.7. The fourth-order valence-electron chi connectivity index (χ4n) is 2.41. The Hall–Kier alpha value is -3.43. The first kappa shape index (κ1) is 14.2. The molecule has 4 aromatic heterocycles. The Morgan fingerprint density at radius 1 is 1.38 bits per heavy atom. The van der Waals surface area contributed by atoms with Crippen molar-refractivity contribution >= 4 is 28.6 Å². The fraction of sp³-hybridized carbons (Fsp3) is 0.214. The summed E-state index contributed by atoms with van der Waals surface area (Å²) in [6.07, 6.45) is 3.10. The highest BCUT2D eigenvalue weighted by Crippen LogP contribution is 2.23. The quantitative estimate of drug-likeness (QED) is 0.547. The van der Waals surface area contributed by atoms with Gasteiger partial charge in [-0.2, -0.15) is 14.6 Å². The molecule has 0 atom stereocenters. The monoisotopic (exact) mass is 327 g/mol. The lowest BCUT2D eigenvalue weighted by Gasteiger charge is -2.04. The van der Waals surface area contributed by atoms with Gasteiger partial charge in [-0.05, 0) is 19.1 Å². The van der Waals surface area contributed by atoms with Gasteiger partial charge in [0.25, 0.3) is 0 Å². The minimum absolute atomic E-state index is 0.0564. The molecular weight excluding hydrogens is 314 g/mol. The van der Waals surface area contributed by atoms with Crippen LogP contribution in [0.1, 0.15) is 6.92 Å². The molecule has 0 saturated carbocycles. The van der Waals surface area contributed by atoms with Crippen molar-refractivity contribution in [3.63, 3.8) is 0 Å². The van der Waals surface area contributed by atoms with Gasteiger partial charge in [-0.1, -0.05) is 0 Å². The van der Waals surface area contributed by atoms with Crippen molar-refractivity contribution in [2.24, 2.45) is 0 Å². The molecule has 10 heteroatoms. The molecule has 4 aromatic rings. The molecule has 0 fully saturated rings. The molecule has 0 radical (unpaired) electrons. The first-order valence-corrected chi connectivity index (χ1v) is 7.24. The molecular formula is C14H13N7O3. The summed E-state index contributed by atoms with van der Waals surface area (Å²) in [5.74, 6) is 0.637. The highest BCUT2D eigenvalue weighted by molar-refractivity contribution is 5.91. The minimum atomic E-state index is -0.402. The van der Waals surface area contributed by atoms with E-state index in [9.17, 15) is 4.79 Å². The van der Waals surface area contributed by atoms with E-state index in [2.05, 4.69) is 20.2 Å². The molecule has 0 unspecified atom stereocenters. The Labute approximate surface area is 134 Å². The number of fused-ring (bicyclic) bond motifs is 3. The molecule has 0 bridgehead atoms. The zero-order valence-corrected chi connectivity index (χ0v) is 12.7. The van der Waals surface area contributed by atoms with Gasteiger partial charge in [0.15, 0.2) is 17.1 Å². The Morgan fingerprint density at radius 2 is 2.25 bits per heavy atom. The standard InChI is InChI=1S/C14H13N7O3/c1-2-23-10(22)7-20-12-8(6-16-20)13-17-11(9-4-3-5-24-9)19-21(13)14(15)18-12/h3-6H,2,7H2,1H3,(H2,15,18). The molecule has 0 spiro atoms. The van der Waals surface area contributed by atoms with E-state index in [0.29, 0.717) is 34.9 Å². The van der Waals surface area contributed by atoms with Gasteiger partial charge >= 0.3 is 5.97 Å². The van der Waals surface area contributed by atoms with Gasteiger partial charge in [-0.15, -0.1) is 5.10 Å². The lowest BCUT2D eigenvalue weighted by Crippen LogP contribution is -2.15. The Kier molecular flexibility index (Phi) is 3.15. The zero-order chi connectivity index (χ0) is 16.7. The van der Waals surface area contributed by atoms with Crippen molar-refractivity contribution in [2.75, 3.05) is 12.3 Å². The minimum Gasteiger partial charge on any atom is -0.465 e. The van der Waals surface area contributed by atoms with E-state index in [1.807, 2.05) is 0 Å². The summed E-state index contributed by atoms with van der Waals surface area (Å²) in [7, 11) is 0. The summed E-state index contributed by atoms with van der Waals surface area (Å²) in [6.45, 7) is 1.99. The van der Waals surface area contributed by atoms with Crippen LogP contribution in [0.4, 0.5) is 5.95 Å². The number of nitrogens with two attached hydrogens (primary N) is 1. The number of nitrogen functional groups attached to an aromatic ring is 1. The van der Waals surface area contributed by atoms with Crippen LogP contribution < -0.4 is 5.73 Å². The third-order valence-electron chi connectivity index (χ3n) is 3.42. The summed E-state index contributed by atoms with van der Waals surface area (Å²) < 4.78 is 13.1. The molecule has 122 valence electrons. The van der Waals surface area contributed by atoms with Crippen molar-refractivity contribution in [3.05, 3.63) is 24.6 Å². The largest absolute Gasteiger partial charge is 0.465 e. The number of ether oxygens (including phenoxy) is 1. The van der Waals surface area contributed by atoms with Gasteiger partial charge in [0.1, 0.15) is 6.54 Å². The van der Waals surface area contributed by atoms with E-state index in [-0.39, 0.29) is 12.5 Å². The molecule has 4 heterocycles. The van der Waals surface area contributed by atoms with Crippen molar-refractivity contribution in [1.82, 2.24) is 29.4 Å². The summed E-state index contributed by atoms with van der Waals surface area (Å²) in [4.78, 5) is 20.4. The van der Waals surface area contributed by atoms with Gasteiger partial charge in [-0.25, -0.2) is 9.67 Å². The third kappa shape index (κ3) is 2.16. The molecule has 0 aliphatic rings. The maximum Gasteiger partial charge on any atom is 0.327 e. The molecule has 4 rings (SSSR count). The van der Waals surface area contributed by atoms with E-state index in [4.69, 9.17) is 14.9 Å². The number of hydrogen-bond donors (Lipinski definition) is 1. The highest BCUT2D eigenvalue weighted by atomic mass is 16.5. The first-order valence-electron chi connectivity index (χ1n) is 7.24. The third-order valence-corrected chi connectivity index (χ3v) is 3.42. The second-order valence-electron chi connectivity index (χ2n) is 4.96. The van der Waals surface area contributed by atoms with Crippen LogP contribution in [-0.4, -0.2) is 41.9 Å². The smallest absolute Gasteiger partial charge is 0.327 e. The molecule has 0 amide bonds.